The van der Waals surface area contributed by atoms with Crippen molar-refractivity contribution in [3.63, 3.8) is 0 Å². The molecule has 0 aromatic heterocycles. The molecule has 0 spiro atoms. The maximum absolute atomic E-state index is 11.8. The smallest absolute Gasteiger partial charge is 0.294 e. The van der Waals surface area contributed by atoms with Crippen molar-refractivity contribution in [1.82, 2.24) is 10.2 Å². The van der Waals surface area contributed by atoms with Gasteiger partial charge in [-0.1, -0.05) is 0 Å². The van der Waals surface area contributed by atoms with E-state index in [1.807, 2.05) is 0 Å². The molecule has 16 heavy (non-hydrogen) atoms. The van der Waals surface area contributed by atoms with Crippen LogP contribution in [-0.4, -0.2) is 42.5 Å². The van der Waals surface area contributed by atoms with E-state index in [0.29, 0.717) is 13.0 Å². The molecule has 1 fully saturated rings. The number of alkyl halides is 3. The summed E-state index contributed by atoms with van der Waals surface area (Å²) in [7, 11) is 0. The highest BCUT2D eigenvalue weighted by Crippen LogP contribution is 2.22. The second-order valence-corrected chi connectivity index (χ2v) is 3.75. The van der Waals surface area contributed by atoms with E-state index in [-0.39, 0.29) is 19.5 Å². The second-order valence-electron chi connectivity index (χ2n) is 3.75. The number of hydrogen-bond acceptors (Lipinski definition) is 3. The summed E-state index contributed by atoms with van der Waals surface area (Å²) in [5, 5.41) is 2.12. The number of amides is 2. The Morgan fingerprint density at radius 2 is 1.69 bits per heavy atom. The van der Waals surface area contributed by atoms with Gasteiger partial charge in [0.25, 0.3) is 0 Å². The minimum atomic E-state index is -4.13. The fraction of sp³-hybridized carbons (Fsp3) is 0.778. The molecule has 0 saturated carbocycles. The van der Waals surface area contributed by atoms with E-state index in [4.69, 9.17) is 0 Å². The molecule has 0 atom stereocenters. The summed E-state index contributed by atoms with van der Waals surface area (Å²) in [6.45, 7) is 0.505. The first kappa shape index (κ1) is 13.0. The molecule has 1 heterocycles. The van der Waals surface area contributed by atoms with Gasteiger partial charge in [0, 0.05) is 6.42 Å². The first-order chi connectivity index (χ1) is 7.37. The van der Waals surface area contributed by atoms with E-state index >= 15 is 0 Å². The van der Waals surface area contributed by atoms with Crippen LogP contribution in [0.25, 0.3) is 0 Å². The average Bonchev–Trinajstić information content (AvgIpc) is 2.09. The molecule has 1 rings (SSSR count). The first-order valence-electron chi connectivity index (χ1n) is 4.98. The van der Waals surface area contributed by atoms with Crippen LogP contribution in [0, 0.1) is 0 Å². The third kappa shape index (κ3) is 5.11. The van der Waals surface area contributed by atoms with Gasteiger partial charge >= 0.3 is 6.18 Å². The van der Waals surface area contributed by atoms with E-state index in [0.717, 1.165) is 0 Å². The molecule has 0 aromatic carbocycles. The molecule has 1 saturated heterocycles. The fourth-order valence-electron chi connectivity index (χ4n) is 1.52. The monoisotopic (exact) mass is 238 g/mol. The minimum absolute atomic E-state index is 0.0236. The van der Waals surface area contributed by atoms with Gasteiger partial charge in [-0.05, 0) is 19.4 Å². The normalized spacial score (nSPS) is 18.7. The Morgan fingerprint density at radius 3 is 2.19 bits per heavy atom. The molecule has 7 heteroatoms. The van der Waals surface area contributed by atoms with Crippen molar-refractivity contribution < 1.29 is 22.8 Å². The standard InChI is InChI=1S/C9H13F3N2O2/c10-9(11,12)3-1-2-4-14-5-7(15)13-8(16)6-14/h1-6H2,(H,13,15,16). The Hall–Kier alpha value is -1.11. The molecule has 1 aliphatic rings. The fourth-order valence-corrected chi connectivity index (χ4v) is 1.52. The molecule has 0 bridgehead atoms. The summed E-state index contributed by atoms with van der Waals surface area (Å²) < 4.78 is 35.4. The lowest BCUT2D eigenvalue weighted by Crippen LogP contribution is -2.51. The van der Waals surface area contributed by atoms with Crippen LogP contribution in [0.5, 0.6) is 0 Å². The zero-order valence-corrected chi connectivity index (χ0v) is 8.64. The summed E-state index contributed by atoms with van der Waals surface area (Å²) in [4.78, 5) is 23.4. The van der Waals surface area contributed by atoms with E-state index in [1.54, 1.807) is 4.90 Å². The van der Waals surface area contributed by atoms with Crippen molar-refractivity contribution >= 4 is 11.8 Å². The van der Waals surface area contributed by atoms with Crippen LogP contribution in [0.1, 0.15) is 19.3 Å². The third-order valence-electron chi connectivity index (χ3n) is 2.20. The third-order valence-corrected chi connectivity index (χ3v) is 2.20. The van der Waals surface area contributed by atoms with Gasteiger partial charge in [0.1, 0.15) is 0 Å². The number of nitrogens with one attached hydrogen (secondary N) is 1. The molecule has 92 valence electrons. The Bertz CT molecular complexity index is 262. The van der Waals surface area contributed by atoms with Gasteiger partial charge < -0.3 is 0 Å². The van der Waals surface area contributed by atoms with Crippen molar-refractivity contribution in [2.75, 3.05) is 19.6 Å². The van der Waals surface area contributed by atoms with Gasteiger partial charge in [0.2, 0.25) is 11.8 Å². The maximum atomic E-state index is 11.8. The van der Waals surface area contributed by atoms with E-state index in [9.17, 15) is 22.8 Å². The maximum Gasteiger partial charge on any atom is 0.389 e. The topological polar surface area (TPSA) is 49.4 Å². The van der Waals surface area contributed by atoms with Crippen LogP contribution in [-0.2, 0) is 9.59 Å². The lowest BCUT2D eigenvalue weighted by molar-refractivity contribution is -0.138. The van der Waals surface area contributed by atoms with E-state index in [1.165, 1.54) is 0 Å². The van der Waals surface area contributed by atoms with Crippen molar-refractivity contribution in [3.05, 3.63) is 0 Å². The molecule has 1 aliphatic heterocycles. The summed E-state index contributed by atoms with van der Waals surface area (Å²) in [5.74, 6) is -0.792. The number of unbranched alkanes of at least 4 members (excludes halogenated alkanes) is 1. The largest absolute Gasteiger partial charge is 0.389 e. The van der Waals surface area contributed by atoms with Gasteiger partial charge in [-0.15, -0.1) is 0 Å². The molecule has 0 unspecified atom stereocenters. The molecule has 0 aliphatic carbocycles. The Balaban J connectivity index is 2.18. The van der Waals surface area contributed by atoms with Crippen molar-refractivity contribution in [2.24, 2.45) is 0 Å². The molecular formula is C9H13F3N2O2. The number of imide groups is 1. The molecule has 4 nitrogen and oxygen atoms in total. The number of carbonyl (C=O) groups excluding carboxylic acids is 2. The highest BCUT2D eigenvalue weighted by molar-refractivity contribution is 5.99. The number of hydrogen-bond donors (Lipinski definition) is 1. The number of carbonyl (C=O) groups is 2. The van der Waals surface area contributed by atoms with Gasteiger partial charge in [-0.25, -0.2) is 0 Å². The van der Waals surface area contributed by atoms with Gasteiger partial charge in [-0.3, -0.25) is 19.8 Å². The van der Waals surface area contributed by atoms with Crippen molar-refractivity contribution in [2.45, 2.75) is 25.4 Å². The number of nitrogens with zero attached hydrogens (tertiary/aromatic N) is 1. The zero-order valence-electron chi connectivity index (χ0n) is 8.64. The molecule has 2 amide bonds. The number of piperazine rings is 1. The van der Waals surface area contributed by atoms with Crippen molar-refractivity contribution in [1.29, 1.82) is 0 Å². The average molecular weight is 238 g/mol. The van der Waals surface area contributed by atoms with Crippen LogP contribution in [0.4, 0.5) is 13.2 Å². The van der Waals surface area contributed by atoms with Crippen LogP contribution in [0.3, 0.4) is 0 Å². The van der Waals surface area contributed by atoms with E-state index in [2.05, 4.69) is 5.32 Å². The summed E-state index contributed by atoms with van der Waals surface area (Å²) in [6, 6.07) is 0. The quantitative estimate of drug-likeness (QED) is 0.578. The molecule has 0 aromatic rings. The van der Waals surface area contributed by atoms with Gasteiger partial charge in [0.15, 0.2) is 0 Å². The lowest BCUT2D eigenvalue weighted by atomic mass is 10.2. The lowest BCUT2D eigenvalue weighted by Gasteiger charge is -2.25. The van der Waals surface area contributed by atoms with Crippen LogP contribution in [0.15, 0.2) is 0 Å². The predicted molar refractivity (Wildman–Crippen MR) is 49.5 cm³/mol. The summed E-state index contributed by atoms with van der Waals surface area (Å²) in [5.41, 5.74) is 0. The Labute approximate surface area is 90.8 Å². The molecule has 0 radical (unpaired) electrons. The summed E-state index contributed by atoms with van der Waals surface area (Å²) >= 11 is 0. The van der Waals surface area contributed by atoms with Gasteiger partial charge in [-0.2, -0.15) is 13.2 Å². The van der Waals surface area contributed by atoms with E-state index < -0.39 is 24.4 Å². The highest BCUT2D eigenvalue weighted by atomic mass is 19.4. The number of rotatable bonds is 4. The Kier molecular flexibility index (Phi) is 4.28. The predicted octanol–water partition coefficient (Wildman–Crippen LogP) is 0.677. The zero-order chi connectivity index (χ0) is 12.2. The van der Waals surface area contributed by atoms with Crippen molar-refractivity contribution in [3.8, 4) is 0 Å². The molecule has 1 N–H and O–H groups in total. The SMILES string of the molecule is O=C1CN(CCCCC(F)(F)F)CC(=O)N1. The second kappa shape index (κ2) is 5.29. The first-order valence-corrected chi connectivity index (χ1v) is 4.98. The van der Waals surface area contributed by atoms with Crippen LogP contribution < -0.4 is 5.32 Å². The van der Waals surface area contributed by atoms with Gasteiger partial charge in [0.05, 0.1) is 13.1 Å². The van der Waals surface area contributed by atoms with Crippen LogP contribution in [0.2, 0.25) is 0 Å². The van der Waals surface area contributed by atoms with Crippen LogP contribution >= 0.6 is 0 Å². The Morgan fingerprint density at radius 1 is 1.12 bits per heavy atom. The minimum Gasteiger partial charge on any atom is -0.294 e. The summed E-state index contributed by atoms with van der Waals surface area (Å²) in [6.07, 6.45) is -4.59. The highest BCUT2D eigenvalue weighted by Gasteiger charge is 2.26. The number of halogens is 3. The molecular weight excluding hydrogens is 225 g/mol.